The van der Waals surface area contributed by atoms with Crippen molar-refractivity contribution >= 4 is 12.0 Å². The van der Waals surface area contributed by atoms with Crippen molar-refractivity contribution in [2.24, 2.45) is 5.41 Å². The maximum atomic E-state index is 12.5. The van der Waals surface area contributed by atoms with E-state index in [-0.39, 0.29) is 12.5 Å². The zero-order valence-corrected chi connectivity index (χ0v) is 21.5. The summed E-state index contributed by atoms with van der Waals surface area (Å²) in [6.45, 7) is 7.80. The second kappa shape index (κ2) is 17.1. The van der Waals surface area contributed by atoms with Crippen LogP contribution in [-0.2, 0) is 16.1 Å². The molecule has 1 rings (SSSR count). The van der Waals surface area contributed by atoms with Gasteiger partial charge < -0.3 is 20.5 Å². The molecular weight excluding hydrogens is 430 g/mol. The highest BCUT2D eigenvalue weighted by Crippen LogP contribution is 2.14. The first kappa shape index (κ1) is 29.6. The highest BCUT2D eigenvalue weighted by molar-refractivity contribution is 5.81. The van der Waals surface area contributed by atoms with Gasteiger partial charge in [0.15, 0.2) is 0 Å². The highest BCUT2D eigenvalue weighted by Gasteiger charge is 2.27. The van der Waals surface area contributed by atoms with Gasteiger partial charge in [0.05, 0.1) is 12.1 Å². The number of hydrogen-bond acceptors (Lipinski definition) is 5. The van der Waals surface area contributed by atoms with Crippen LogP contribution in [0.25, 0.3) is 0 Å². The Bertz CT molecular complexity index is 716. The van der Waals surface area contributed by atoms with Gasteiger partial charge in [-0.3, -0.25) is 9.78 Å². The molecule has 0 spiro atoms. The Morgan fingerprint density at radius 3 is 2.29 bits per heavy atom. The summed E-state index contributed by atoms with van der Waals surface area (Å²) in [6.07, 6.45) is 16.3. The monoisotopic (exact) mass is 475 g/mol. The first-order valence-electron chi connectivity index (χ1n) is 12.7. The number of aliphatic hydroxyl groups excluding tert-OH is 1. The maximum absolute atomic E-state index is 12.5. The number of hydrogen-bond donors (Lipinski definition) is 3. The van der Waals surface area contributed by atoms with E-state index in [4.69, 9.17) is 4.74 Å². The van der Waals surface area contributed by atoms with Gasteiger partial charge in [0.1, 0.15) is 6.61 Å². The molecule has 0 aliphatic rings. The van der Waals surface area contributed by atoms with Crippen LogP contribution in [0.15, 0.2) is 36.7 Å². The minimum Gasteiger partial charge on any atom is -0.447 e. The van der Waals surface area contributed by atoms with E-state index in [1.54, 1.807) is 51.4 Å². The molecule has 0 radical (unpaired) electrons. The SMILES string of the molecule is CCCCCCCCCC/C=C/[C@@H](O)[C@H](COC(=O)NCc1ccncc1)NC(=O)C(C)(C)C. The molecular formula is C27H45N3O4. The summed E-state index contributed by atoms with van der Waals surface area (Å²) in [4.78, 5) is 28.5. The molecule has 192 valence electrons. The summed E-state index contributed by atoms with van der Waals surface area (Å²) in [5.74, 6) is -0.214. The van der Waals surface area contributed by atoms with E-state index in [2.05, 4.69) is 22.5 Å². The average Bonchev–Trinajstić information content (AvgIpc) is 2.81. The van der Waals surface area contributed by atoms with Crippen molar-refractivity contribution in [3.63, 3.8) is 0 Å². The van der Waals surface area contributed by atoms with Crippen LogP contribution in [0.1, 0.15) is 91.0 Å². The van der Waals surface area contributed by atoms with Crippen molar-refractivity contribution in [1.29, 1.82) is 0 Å². The third-order valence-corrected chi connectivity index (χ3v) is 5.55. The lowest BCUT2D eigenvalue weighted by Crippen LogP contribution is -2.50. The topological polar surface area (TPSA) is 101 Å². The quantitative estimate of drug-likeness (QED) is 0.223. The third-order valence-electron chi connectivity index (χ3n) is 5.55. The fourth-order valence-electron chi connectivity index (χ4n) is 3.27. The van der Waals surface area contributed by atoms with Gasteiger partial charge in [0.25, 0.3) is 0 Å². The Morgan fingerprint density at radius 1 is 1.06 bits per heavy atom. The van der Waals surface area contributed by atoms with Gasteiger partial charge in [-0.25, -0.2) is 4.79 Å². The lowest BCUT2D eigenvalue weighted by molar-refractivity contribution is -0.130. The van der Waals surface area contributed by atoms with Crippen LogP contribution >= 0.6 is 0 Å². The number of aromatic nitrogens is 1. The summed E-state index contributed by atoms with van der Waals surface area (Å²) >= 11 is 0. The second-order valence-corrected chi connectivity index (χ2v) is 9.82. The van der Waals surface area contributed by atoms with Crippen molar-refractivity contribution < 1.29 is 19.4 Å². The van der Waals surface area contributed by atoms with E-state index >= 15 is 0 Å². The molecule has 0 saturated heterocycles. The molecule has 0 bridgehead atoms. The van der Waals surface area contributed by atoms with Crippen LogP contribution in [0.3, 0.4) is 0 Å². The van der Waals surface area contributed by atoms with Crippen LogP contribution < -0.4 is 10.6 Å². The van der Waals surface area contributed by atoms with Crippen LogP contribution in [-0.4, -0.2) is 40.8 Å². The van der Waals surface area contributed by atoms with Gasteiger partial charge in [-0.2, -0.15) is 0 Å². The number of nitrogens with one attached hydrogen (secondary N) is 2. The van der Waals surface area contributed by atoms with Crippen molar-refractivity contribution in [1.82, 2.24) is 15.6 Å². The van der Waals surface area contributed by atoms with Gasteiger partial charge in [0, 0.05) is 24.4 Å². The zero-order chi connectivity index (χ0) is 25.2. The molecule has 0 fully saturated rings. The lowest BCUT2D eigenvalue weighted by atomic mass is 9.95. The summed E-state index contributed by atoms with van der Waals surface area (Å²) in [5, 5.41) is 16.1. The Labute approximate surface area is 205 Å². The number of carbonyl (C=O) groups excluding carboxylic acids is 2. The molecule has 1 aromatic heterocycles. The average molecular weight is 476 g/mol. The number of carbonyl (C=O) groups is 2. The fraction of sp³-hybridized carbons (Fsp3) is 0.667. The predicted molar refractivity (Wildman–Crippen MR) is 136 cm³/mol. The van der Waals surface area contributed by atoms with Crippen LogP contribution in [0.5, 0.6) is 0 Å². The fourth-order valence-corrected chi connectivity index (χ4v) is 3.27. The number of pyridine rings is 1. The minimum atomic E-state index is -0.951. The Hall–Kier alpha value is -2.41. The van der Waals surface area contributed by atoms with Gasteiger partial charge >= 0.3 is 6.09 Å². The first-order chi connectivity index (χ1) is 16.2. The standard InChI is InChI=1S/C27H45N3O4/c1-5-6-7-8-9-10-11-12-13-14-15-24(31)23(30-25(32)27(2,3)4)21-34-26(33)29-20-22-16-18-28-19-17-22/h14-19,23-24,31H,5-13,20-21H2,1-4H3,(H,29,33)(H,30,32)/b15-14+/t23-,24+/m0/s1. The van der Waals surface area contributed by atoms with E-state index in [1.807, 2.05) is 6.08 Å². The molecule has 0 unspecified atom stereocenters. The lowest BCUT2D eigenvalue weighted by Gasteiger charge is -2.26. The number of allylic oxidation sites excluding steroid dienone is 1. The van der Waals surface area contributed by atoms with Crippen LogP contribution in [0.4, 0.5) is 4.79 Å². The molecule has 0 aromatic carbocycles. The van der Waals surface area contributed by atoms with Crippen molar-refractivity contribution in [3.05, 3.63) is 42.2 Å². The zero-order valence-electron chi connectivity index (χ0n) is 21.5. The molecule has 0 saturated carbocycles. The Balaban J connectivity index is 2.46. The number of aliphatic hydroxyl groups is 1. The number of nitrogens with zero attached hydrogens (tertiary/aromatic N) is 1. The molecule has 1 aromatic rings. The Morgan fingerprint density at radius 2 is 1.68 bits per heavy atom. The number of ether oxygens (including phenoxy) is 1. The van der Waals surface area contributed by atoms with Gasteiger partial charge in [-0.1, -0.05) is 84.8 Å². The molecule has 34 heavy (non-hydrogen) atoms. The first-order valence-corrected chi connectivity index (χ1v) is 12.7. The number of rotatable bonds is 16. The molecule has 7 heteroatoms. The van der Waals surface area contributed by atoms with Gasteiger partial charge in [-0.05, 0) is 30.5 Å². The molecule has 0 aliphatic heterocycles. The van der Waals surface area contributed by atoms with E-state index in [0.29, 0.717) is 6.54 Å². The molecule has 2 amide bonds. The normalized spacial score (nSPS) is 13.4. The molecule has 1 heterocycles. The Kier molecular flexibility index (Phi) is 14.9. The molecule has 0 aliphatic carbocycles. The second-order valence-electron chi connectivity index (χ2n) is 9.82. The molecule has 3 N–H and O–H groups in total. The smallest absolute Gasteiger partial charge is 0.407 e. The number of amides is 2. The summed E-state index contributed by atoms with van der Waals surface area (Å²) in [7, 11) is 0. The van der Waals surface area contributed by atoms with Crippen molar-refractivity contribution in [3.8, 4) is 0 Å². The van der Waals surface area contributed by atoms with Crippen LogP contribution in [0.2, 0.25) is 0 Å². The highest BCUT2D eigenvalue weighted by atomic mass is 16.5. The van der Waals surface area contributed by atoms with Crippen molar-refractivity contribution in [2.75, 3.05) is 6.61 Å². The van der Waals surface area contributed by atoms with Crippen LogP contribution in [0, 0.1) is 5.41 Å². The van der Waals surface area contributed by atoms with E-state index in [1.165, 1.54) is 44.9 Å². The summed E-state index contributed by atoms with van der Waals surface area (Å²) in [6, 6.07) is 2.87. The van der Waals surface area contributed by atoms with E-state index < -0.39 is 23.7 Å². The summed E-state index contributed by atoms with van der Waals surface area (Å²) < 4.78 is 5.29. The predicted octanol–water partition coefficient (Wildman–Crippen LogP) is 5.29. The van der Waals surface area contributed by atoms with Gasteiger partial charge in [-0.15, -0.1) is 0 Å². The maximum Gasteiger partial charge on any atom is 0.407 e. The van der Waals surface area contributed by atoms with Gasteiger partial charge in [0.2, 0.25) is 5.91 Å². The number of alkyl carbamates (subject to hydrolysis) is 1. The van der Waals surface area contributed by atoms with Crippen molar-refractivity contribution in [2.45, 2.75) is 104 Å². The molecule has 7 nitrogen and oxygen atoms in total. The third kappa shape index (κ3) is 14.0. The minimum absolute atomic E-state index is 0.132. The number of unbranched alkanes of at least 4 members (excludes halogenated alkanes) is 8. The van der Waals surface area contributed by atoms with E-state index in [0.717, 1.165) is 18.4 Å². The largest absolute Gasteiger partial charge is 0.447 e. The molecule has 2 atom stereocenters. The summed E-state index contributed by atoms with van der Waals surface area (Å²) in [5.41, 5.74) is 0.274. The van der Waals surface area contributed by atoms with E-state index in [9.17, 15) is 14.7 Å².